The summed E-state index contributed by atoms with van der Waals surface area (Å²) in [5, 5.41) is 19.4. The zero-order valence-electron chi connectivity index (χ0n) is 17.5. The van der Waals surface area contributed by atoms with Crippen molar-refractivity contribution in [2.45, 2.75) is 103 Å². The van der Waals surface area contributed by atoms with Gasteiger partial charge in [-0.25, -0.2) is 0 Å². The van der Waals surface area contributed by atoms with Crippen LogP contribution in [0.15, 0.2) is 0 Å². The molecule has 2 heterocycles. The van der Waals surface area contributed by atoms with E-state index in [0.29, 0.717) is 43.7 Å². The number of aliphatic carboxylic acids is 1. The molecule has 2 aliphatic heterocycles. The Hall–Kier alpha value is -0.650. The molecule has 1 unspecified atom stereocenters. The van der Waals surface area contributed by atoms with E-state index < -0.39 is 5.97 Å². The average molecular weight is 385 g/mol. The highest BCUT2D eigenvalue weighted by molar-refractivity contribution is 5.66. The quantitative estimate of drug-likeness (QED) is 0.434. The summed E-state index contributed by atoms with van der Waals surface area (Å²) in [6.07, 6.45) is 9.57. The predicted octanol–water partition coefficient (Wildman–Crippen LogP) is 4.41. The van der Waals surface area contributed by atoms with E-state index in [1.807, 2.05) is 0 Å². The van der Waals surface area contributed by atoms with Gasteiger partial charge < -0.3 is 19.7 Å². The first-order chi connectivity index (χ1) is 12.8. The molecule has 0 saturated carbocycles. The van der Waals surface area contributed by atoms with Crippen molar-refractivity contribution in [3.8, 4) is 0 Å². The minimum absolute atomic E-state index is 0.0232. The van der Waals surface area contributed by atoms with Crippen LogP contribution in [-0.2, 0) is 14.3 Å². The molecule has 0 amide bonds. The van der Waals surface area contributed by atoms with Crippen molar-refractivity contribution >= 4 is 5.97 Å². The van der Waals surface area contributed by atoms with Gasteiger partial charge in [0.2, 0.25) is 0 Å². The maximum Gasteiger partial charge on any atom is 0.303 e. The number of aliphatic hydroxyl groups is 1. The molecule has 27 heavy (non-hydrogen) atoms. The van der Waals surface area contributed by atoms with Crippen LogP contribution in [0.2, 0.25) is 0 Å². The van der Waals surface area contributed by atoms with Crippen molar-refractivity contribution in [2.75, 3.05) is 13.2 Å². The first-order valence-corrected chi connectivity index (χ1v) is 11.0. The van der Waals surface area contributed by atoms with Gasteiger partial charge in [-0.3, -0.25) is 4.79 Å². The highest BCUT2D eigenvalue weighted by atomic mass is 16.5. The van der Waals surface area contributed by atoms with Gasteiger partial charge in [0.1, 0.15) is 0 Å². The molecular formula is C22H40O5. The molecule has 2 N–H and O–H groups in total. The van der Waals surface area contributed by atoms with E-state index in [-0.39, 0.29) is 17.9 Å². The molecule has 0 spiro atoms. The summed E-state index contributed by atoms with van der Waals surface area (Å²) in [6.45, 7) is 7.89. The Labute approximate surface area is 164 Å². The molecular weight excluding hydrogens is 344 g/mol. The lowest BCUT2D eigenvalue weighted by Gasteiger charge is -2.33. The van der Waals surface area contributed by atoms with Crippen LogP contribution >= 0.6 is 0 Å². The number of aliphatic hydroxyl groups excluding tert-OH is 1. The fourth-order valence-corrected chi connectivity index (χ4v) is 4.74. The number of carboxylic acids is 1. The van der Waals surface area contributed by atoms with Crippen molar-refractivity contribution < 1.29 is 24.5 Å². The molecule has 2 aliphatic rings. The molecule has 2 rings (SSSR count). The number of ether oxygens (including phenoxy) is 2. The van der Waals surface area contributed by atoms with Gasteiger partial charge in [-0.1, -0.05) is 33.6 Å². The molecule has 5 atom stereocenters. The van der Waals surface area contributed by atoms with Crippen LogP contribution in [0.5, 0.6) is 0 Å². The fourth-order valence-electron chi connectivity index (χ4n) is 4.74. The molecule has 2 fully saturated rings. The number of hydrogen-bond acceptors (Lipinski definition) is 4. The van der Waals surface area contributed by atoms with Gasteiger partial charge in [0.25, 0.3) is 0 Å². The number of carboxylic acid groups (broad SMARTS) is 1. The van der Waals surface area contributed by atoms with E-state index in [4.69, 9.17) is 14.6 Å². The lowest BCUT2D eigenvalue weighted by Crippen LogP contribution is -2.34. The third-order valence-electron chi connectivity index (χ3n) is 6.68. The van der Waals surface area contributed by atoms with E-state index >= 15 is 0 Å². The normalized spacial score (nSPS) is 28.6. The third-order valence-corrected chi connectivity index (χ3v) is 6.68. The number of hydrogen-bond donors (Lipinski definition) is 2. The van der Waals surface area contributed by atoms with Crippen LogP contribution in [0.4, 0.5) is 0 Å². The average Bonchev–Trinajstić information content (AvgIpc) is 3.22. The van der Waals surface area contributed by atoms with Crippen LogP contribution in [0.25, 0.3) is 0 Å². The van der Waals surface area contributed by atoms with E-state index in [0.717, 1.165) is 38.5 Å². The van der Waals surface area contributed by atoms with Gasteiger partial charge in [0.15, 0.2) is 0 Å². The van der Waals surface area contributed by atoms with Crippen LogP contribution < -0.4 is 0 Å². The first kappa shape index (κ1) is 22.6. The first-order valence-electron chi connectivity index (χ1n) is 11.0. The number of carbonyl (C=O) groups is 1. The molecule has 0 aromatic heterocycles. The largest absolute Gasteiger partial charge is 0.481 e. The minimum Gasteiger partial charge on any atom is -0.481 e. The second kappa shape index (κ2) is 10.8. The van der Waals surface area contributed by atoms with Crippen molar-refractivity contribution in [3.63, 3.8) is 0 Å². The molecule has 5 heteroatoms. The van der Waals surface area contributed by atoms with E-state index in [1.165, 1.54) is 12.8 Å². The summed E-state index contributed by atoms with van der Waals surface area (Å²) < 4.78 is 12.0. The van der Waals surface area contributed by atoms with Crippen LogP contribution in [0.1, 0.15) is 85.0 Å². The Morgan fingerprint density at radius 3 is 2.56 bits per heavy atom. The van der Waals surface area contributed by atoms with Gasteiger partial charge in [-0.05, 0) is 56.3 Å². The summed E-state index contributed by atoms with van der Waals surface area (Å²) in [6, 6.07) is 0. The lowest BCUT2D eigenvalue weighted by molar-refractivity contribution is -0.137. The number of rotatable bonds is 14. The van der Waals surface area contributed by atoms with E-state index in [2.05, 4.69) is 20.8 Å². The van der Waals surface area contributed by atoms with E-state index in [1.54, 1.807) is 0 Å². The Morgan fingerprint density at radius 2 is 1.89 bits per heavy atom. The van der Waals surface area contributed by atoms with Crippen molar-refractivity contribution in [3.05, 3.63) is 0 Å². The Balaban J connectivity index is 1.74. The maximum atomic E-state index is 10.7. The van der Waals surface area contributed by atoms with Crippen molar-refractivity contribution in [1.82, 2.24) is 0 Å². The van der Waals surface area contributed by atoms with Gasteiger partial charge >= 0.3 is 5.97 Å². The molecule has 0 aromatic carbocycles. The highest BCUT2D eigenvalue weighted by Gasteiger charge is 2.48. The van der Waals surface area contributed by atoms with Crippen LogP contribution in [0.3, 0.4) is 0 Å². The zero-order valence-corrected chi connectivity index (χ0v) is 17.5. The van der Waals surface area contributed by atoms with Gasteiger partial charge in [-0.2, -0.15) is 0 Å². The standard InChI is InChI=1S/C22H40O5/c1-4-5-13-22(2,3)20(23)12-9-16-17(19-11-10-18(16)27-19)15-26-14-7-6-8-21(24)25/h16-20,23H,4-15H2,1-3H3,(H,24,25)/t16-,17+,18-,19+,20?/m0/s1. The van der Waals surface area contributed by atoms with Gasteiger partial charge in [0, 0.05) is 18.9 Å². The zero-order chi connectivity index (χ0) is 19.9. The molecule has 2 bridgehead atoms. The Morgan fingerprint density at radius 1 is 1.19 bits per heavy atom. The Kier molecular flexibility index (Phi) is 9.03. The molecule has 0 aliphatic carbocycles. The SMILES string of the molecule is CCCCC(C)(C)C(O)CC[C@H]1[C@@H](COCCCCC(=O)O)[C@H]2CC[C@@H]1O2. The number of unbranched alkanes of at least 4 members (excludes halogenated alkanes) is 2. The molecule has 0 aromatic rings. The summed E-state index contributed by atoms with van der Waals surface area (Å²) in [7, 11) is 0. The highest BCUT2D eigenvalue weighted by Crippen LogP contribution is 2.46. The summed E-state index contributed by atoms with van der Waals surface area (Å²) in [5.74, 6) is 0.172. The summed E-state index contributed by atoms with van der Waals surface area (Å²) in [4.78, 5) is 10.5. The monoisotopic (exact) mass is 384 g/mol. The summed E-state index contributed by atoms with van der Waals surface area (Å²) in [5.41, 5.74) is -0.0232. The van der Waals surface area contributed by atoms with Crippen molar-refractivity contribution in [2.24, 2.45) is 17.3 Å². The smallest absolute Gasteiger partial charge is 0.303 e. The minimum atomic E-state index is -0.739. The van der Waals surface area contributed by atoms with E-state index in [9.17, 15) is 9.90 Å². The van der Waals surface area contributed by atoms with Crippen molar-refractivity contribution in [1.29, 1.82) is 0 Å². The predicted molar refractivity (Wildman–Crippen MR) is 106 cm³/mol. The second-order valence-electron chi connectivity index (χ2n) is 9.23. The van der Waals surface area contributed by atoms with Gasteiger partial charge in [0.05, 0.1) is 24.9 Å². The fraction of sp³-hybridized carbons (Fsp3) is 0.955. The third kappa shape index (κ3) is 6.72. The molecule has 0 radical (unpaired) electrons. The molecule has 158 valence electrons. The Bertz CT molecular complexity index is 450. The van der Waals surface area contributed by atoms with Crippen LogP contribution in [0, 0.1) is 17.3 Å². The summed E-state index contributed by atoms with van der Waals surface area (Å²) >= 11 is 0. The number of fused-ring (bicyclic) bond motifs is 2. The van der Waals surface area contributed by atoms with Crippen LogP contribution in [-0.4, -0.2) is 47.7 Å². The molecule has 2 saturated heterocycles. The molecule has 5 nitrogen and oxygen atoms in total. The van der Waals surface area contributed by atoms with Gasteiger partial charge in [-0.15, -0.1) is 0 Å². The lowest BCUT2D eigenvalue weighted by atomic mass is 9.74. The second-order valence-corrected chi connectivity index (χ2v) is 9.23. The topological polar surface area (TPSA) is 76.0 Å². The maximum absolute atomic E-state index is 10.7.